The van der Waals surface area contributed by atoms with Crippen LogP contribution in [0.3, 0.4) is 0 Å². The zero-order chi connectivity index (χ0) is 17.6. The van der Waals surface area contributed by atoms with Crippen LogP contribution in [0.5, 0.6) is 5.75 Å². The van der Waals surface area contributed by atoms with Gasteiger partial charge in [0.2, 0.25) is 0 Å². The van der Waals surface area contributed by atoms with Crippen LogP contribution in [0.1, 0.15) is 36.7 Å². The number of benzene rings is 2. The highest BCUT2D eigenvalue weighted by molar-refractivity contribution is 5.79. The Hall–Kier alpha value is -2.62. The highest BCUT2D eigenvalue weighted by Crippen LogP contribution is 2.19. The molecule has 0 spiro atoms. The lowest BCUT2D eigenvalue weighted by molar-refractivity contribution is -0.139. The van der Waals surface area contributed by atoms with Crippen LogP contribution in [0, 0.1) is 0 Å². The van der Waals surface area contributed by atoms with Crippen LogP contribution < -0.4 is 4.74 Å². The topological polar surface area (TPSA) is 46.6 Å². The van der Waals surface area contributed by atoms with Gasteiger partial charge in [0.25, 0.3) is 5.91 Å². The molecule has 0 saturated heterocycles. The van der Waals surface area contributed by atoms with Crippen LogP contribution in [0.2, 0.25) is 0 Å². The van der Waals surface area contributed by atoms with Gasteiger partial charge < -0.3 is 9.64 Å². The molecule has 24 heavy (non-hydrogen) atoms. The molecule has 2 rings (SSSR count). The lowest BCUT2D eigenvalue weighted by atomic mass is 10.0. The second kappa shape index (κ2) is 7.77. The van der Waals surface area contributed by atoms with Crippen molar-refractivity contribution in [3.8, 4) is 5.75 Å². The van der Waals surface area contributed by atoms with Crippen molar-refractivity contribution in [2.45, 2.75) is 32.9 Å². The summed E-state index contributed by atoms with van der Waals surface area (Å²) in [5, 5.41) is 0. The second-order valence-electron chi connectivity index (χ2n) is 6.62. The van der Waals surface area contributed by atoms with Crippen molar-refractivity contribution in [3.05, 3.63) is 65.7 Å². The van der Waals surface area contributed by atoms with Crippen molar-refractivity contribution < 1.29 is 14.3 Å². The first-order valence-corrected chi connectivity index (χ1v) is 7.92. The molecule has 4 heteroatoms. The highest BCUT2D eigenvalue weighted by Gasteiger charge is 2.26. The summed E-state index contributed by atoms with van der Waals surface area (Å²) < 4.78 is 5.57. The largest absolute Gasteiger partial charge is 0.484 e. The molecule has 2 aromatic rings. The number of carbonyl (C=O) groups excluding carboxylic acids is 2. The standard InChI is InChI=1S/C20H23NO3/c1-20(2,3)21(13-16-8-5-4-6-9-16)19(23)15-24-18-11-7-10-17(12-18)14-22/h4-12,14H,13,15H2,1-3H3. The molecular formula is C20H23NO3. The van der Waals surface area contributed by atoms with Crippen LogP contribution >= 0.6 is 0 Å². The molecule has 1 amide bonds. The van der Waals surface area contributed by atoms with Crippen molar-refractivity contribution in [1.82, 2.24) is 4.90 Å². The maximum Gasteiger partial charge on any atom is 0.261 e. The summed E-state index contributed by atoms with van der Waals surface area (Å²) in [5.74, 6) is 0.421. The van der Waals surface area contributed by atoms with Crippen molar-refractivity contribution in [1.29, 1.82) is 0 Å². The fourth-order valence-corrected chi connectivity index (χ4v) is 2.37. The Labute approximate surface area is 143 Å². The van der Waals surface area contributed by atoms with Crippen molar-refractivity contribution in [2.24, 2.45) is 0 Å². The third-order valence-electron chi connectivity index (χ3n) is 3.65. The number of hydrogen-bond acceptors (Lipinski definition) is 3. The Balaban J connectivity index is 2.06. The summed E-state index contributed by atoms with van der Waals surface area (Å²) in [4.78, 5) is 25.3. The van der Waals surface area contributed by atoms with Crippen LogP contribution in [-0.4, -0.2) is 29.2 Å². The molecule has 0 aliphatic carbocycles. The quantitative estimate of drug-likeness (QED) is 0.761. The van der Waals surface area contributed by atoms with Gasteiger partial charge in [0.05, 0.1) is 0 Å². The first-order valence-electron chi connectivity index (χ1n) is 7.92. The Bertz CT molecular complexity index is 690. The fourth-order valence-electron chi connectivity index (χ4n) is 2.37. The Kier molecular flexibility index (Phi) is 5.74. The maximum atomic E-state index is 12.7. The molecule has 2 aromatic carbocycles. The van der Waals surface area contributed by atoms with E-state index in [4.69, 9.17) is 4.74 Å². The second-order valence-corrected chi connectivity index (χ2v) is 6.62. The predicted octanol–water partition coefficient (Wildman–Crippen LogP) is 3.71. The Morgan fingerprint density at radius 1 is 1.08 bits per heavy atom. The fraction of sp³-hybridized carbons (Fsp3) is 0.300. The van der Waals surface area contributed by atoms with Gasteiger partial charge in [-0.3, -0.25) is 9.59 Å². The van der Waals surface area contributed by atoms with Crippen molar-refractivity contribution in [2.75, 3.05) is 6.61 Å². The minimum atomic E-state index is -0.319. The van der Waals surface area contributed by atoms with E-state index in [1.807, 2.05) is 51.1 Å². The molecule has 126 valence electrons. The molecule has 0 heterocycles. The smallest absolute Gasteiger partial charge is 0.261 e. The number of carbonyl (C=O) groups is 2. The average molecular weight is 325 g/mol. The molecule has 0 aromatic heterocycles. The summed E-state index contributed by atoms with van der Waals surface area (Å²) in [6, 6.07) is 16.7. The van der Waals surface area contributed by atoms with Gasteiger partial charge in [-0.15, -0.1) is 0 Å². The minimum absolute atomic E-state index is 0.0631. The zero-order valence-corrected chi connectivity index (χ0v) is 14.4. The van der Waals surface area contributed by atoms with E-state index < -0.39 is 0 Å². The van der Waals surface area contributed by atoms with E-state index in [0.29, 0.717) is 17.9 Å². The average Bonchev–Trinajstić information content (AvgIpc) is 2.57. The van der Waals surface area contributed by atoms with Crippen LogP contribution in [-0.2, 0) is 11.3 Å². The third kappa shape index (κ3) is 4.95. The summed E-state index contributed by atoms with van der Waals surface area (Å²) in [5.41, 5.74) is 1.28. The van der Waals surface area contributed by atoms with E-state index in [-0.39, 0.29) is 18.1 Å². The molecule has 0 N–H and O–H groups in total. The molecule has 0 saturated carbocycles. The van der Waals surface area contributed by atoms with Gasteiger partial charge in [-0.25, -0.2) is 0 Å². The molecule has 0 radical (unpaired) electrons. The predicted molar refractivity (Wildman–Crippen MR) is 94.1 cm³/mol. The van der Waals surface area contributed by atoms with Crippen LogP contribution in [0.15, 0.2) is 54.6 Å². The van der Waals surface area contributed by atoms with E-state index in [1.165, 1.54) is 0 Å². The normalized spacial score (nSPS) is 11.0. The number of ether oxygens (including phenoxy) is 1. The molecule has 0 atom stereocenters. The monoisotopic (exact) mass is 325 g/mol. The minimum Gasteiger partial charge on any atom is -0.484 e. The van der Waals surface area contributed by atoms with E-state index in [2.05, 4.69) is 0 Å². The molecule has 0 aliphatic rings. The summed E-state index contributed by atoms with van der Waals surface area (Å²) >= 11 is 0. The number of nitrogens with zero attached hydrogens (tertiary/aromatic N) is 1. The number of hydrogen-bond donors (Lipinski definition) is 0. The van der Waals surface area contributed by atoms with Crippen LogP contribution in [0.25, 0.3) is 0 Å². The SMILES string of the molecule is CC(C)(C)N(Cc1ccccc1)C(=O)COc1cccc(C=O)c1. The maximum absolute atomic E-state index is 12.7. The molecule has 0 bridgehead atoms. The van der Waals surface area contributed by atoms with Crippen molar-refractivity contribution in [3.63, 3.8) is 0 Å². The van der Waals surface area contributed by atoms with E-state index in [1.54, 1.807) is 29.2 Å². The highest BCUT2D eigenvalue weighted by atomic mass is 16.5. The van der Waals surface area contributed by atoms with Gasteiger partial charge in [0.15, 0.2) is 6.61 Å². The third-order valence-corrected chi connectivity index (χ3v) is 3.65. The lowest BCUT2D eigenvalue weighted by Gasteiger charge is -2.35. The van der Waals surface area contributed by atoms with Gasteiger partial charge in [-0.05, 0) is 38.5 Å². The molecule has 0 fully saturated rings. The van der Waals surface area contributed by atoms with Gasteiger partial charge >= 0.3 is 0 Å². The lowest BCUT2D eigenvalue weighted by Crippen LogP contribution is -2.47. The van der Waals surface area contributed by atoms with Crippen molar-refractivity contribution >= 4 is 12.2 Å². The van der Waals surface area contributed by atoms with Gasteiger partial charge in [-0.1, -0.05) is 42.5 Å². The first-order chi connectivity index (χ1) is 11.4. The number of amides is 1. The Morgan fingerprint density at radius 3 is 2.42 bits per heavy atom. The molecular weight excluding hydrogens is 302 g/mol. The number of rotatable bonds is 6. The summed E-state index contributed by atoms with van der Waals surface area (Å²) in [6.07, 6.45) is 0.755. The molecule has 0 aliphatic heterocycles. The zero-order valence-electron chi connectivity index (χ0n) is 14.4. The Morgan fingerprint density at radius 2 is 1.79 bits per heavy atom. The van der Waals surface area contributed by atoms with E-state index in [0.717, 1.165) is 11.8 Å². The molecule has 0 unspecified atom stereocenters. The first kappa shape index (κ1) is 17.7. The molecule has 4 nitrogen and oxygen atoms in total. The van der Waals surface area contributed by atoms with Crippen LogP contribution in [0.4, 0.5) is 0 Å². The van der Waals surface area contributed by atoms with Gasteiger partial charge in [-0.2, -0.15) is 0 Å². The van der Waals surface area contributed by atoms with E-state index >= 15 is 0 Å². The van der Waals surface area contributed by atoms with E-state index in [9.17, 15) is 9.59 Å². The summed E-state index contributed by atoms with van der Waals surface area (Å²) in [7, 11) is 0. The number of aldehydes is 1. The summed E-state index contributed by atoms with van der Waals surface area (Å²) in [6.45, 7) is 6.47. The van der Waals surface area contributed by atoms with Gasteiger partial charge in [0, 0.05) is 17.6 Å². The van der Waals surface area contributed by atoms with Gasteiger partial charge in [0.1, 0.15) is 12.0 Å².